The van der Waals surface area contributed by atoms with Crippen LogP contribution in [0.1, 0.15) is 48.8 Å². The number of carbonyl (C=O) groups excluding carboxylic acids is 1. The molecule has 8 heteroatoms. The first-order valence-electron chi connectivity index (χ1n) is 12.5. The maximum Gasteiger partial charge on any atom is 0.264 e. The lowest BCUT2D eigenvalue weighted by molar-refractivity contribution is -0.136. The Hall–Kier alpha value is -3.26. The van der Waals surface area contributed by atoms with Crippen molar-refractivity contribution in [1.29, 1.82) is 0 Å². The summed E-state index contributed by atoms with van der Waals surface area (Å²) in [5, 5.41) is 0. The molecule has 2 aliphatic rings. The van der Waals surface area contributed by atoms with Gasteiger partial charge >= 0.3 is 0 Å². The fraction of sp³-hybridized carbons (Fsp3) is 0.345. The third-order valence-corrected chi connectivity index (χ3v) is 9.62. The standard InChI is InChI=1S/C29H30F2N2O3S/c1-32(19-21-7-3-2-4-8-21)28(34)23-15-17-29(18-16-23)20-33(26-10-6-5-9-25(26)29)37(35,36)24-13-11-22(12-14-24)27(30)31/h2-14,23,27H,15-20H2,1H3. The van der Waals surface area contributed by atoms with E-state index in [4.69, 9.17) is 0 Å². The van der Waals surface area contributed by atoms with E-state index in [0.717, 1.165) is 23.3 Å². The molecule has 0 aromatic heterocycles. The lowest BCUT2D eigenvalue weighted by Crippen LogP contribution is -2.42. The van der Waals surface area contributed by atoms with E-state index < -0.39 is 16.4 Å². The summed E-state index contributed by atoms with van der Waals surface area (Å²) in [6, 6.07) is 22.2. The lowest BCUT2D eigenvalue weighted by Gasteiger charge is -2.38. The predicted molar refractivity (Wildman–Crippen MR) is 139 cm³/mol. The molecule has 1 spiro atoms. The second-order valence-corrected chi connectivity index (χ2v) is 12.0. The molecule has 3 aromatic rings. The number of para-hydroxylation sites is 1. The molecule has 1 fully saturated rings. The van der Waals surface area contributed by atoms with Crippen molar-refractivity contribution in [3.63, 3.8) is 0 Å². The Morgan fingerprint density at radius 2 is 1.59 bits per heavy atom. The van der Waals surface area contributed by atoms with Crippen LogP contribution in [0, 0.1) is 5.92 Å². The second-order valence-electron chi connectivity index (χ2n) is 10.1. The molecule has 0 N–H and O–H groups in total. The molecule has 0 atom stereocenters. The molecule has 1 amide bonds. The van der Waals surface area contributed by atoms with Crippen LogP contribution in [0.4, 0.5) is 14.5 Å². The molecule has 0 saturated heterocycles. The number of nitrogens with zero attached hydrogens (tertiary/aromatic N) is 2. The third kappa shape index (κ3) is 4.75. The third-order valence-electron chi connectivity index (χ3n) is 7.84. The van der Waals surface area contributed by atoms with Crippen molar-refractivity contribution in [2.45, 2.75) is 49.0 Å². The van der Waals surface area contributed by atoms with Gasteiger partial charge in [-0.15, -0.1) is 0 Å². The van der Waals surface area contributed by atoms with Crippen LogP contribution < -0.4 is 4.31 Å². The van der Waals surface area contributed by atoms with Crippen LogP contribution in [0.5, 0.6) is 0 Å². The number of alkyl halides is 2. The zero-order valence-electron chi connectivity index (χ0n) is 20.7. The highest BCUT2D eigenvalue weighted by Crippen LogP contribution is 2.51. The monoisotopic (exact) mass is 524 g/mol. The van der Waals surface area contributed by atoms with Crippen LogP contribution in [0.2, 0.25) is 0 Å². The van der Waals surface area contributed by atoms with Crippen molar-refractivity contribution >= 4 is 21.6 Å². The van der Waals surface area contributed by atoms with E-state index in [-0.39, 0.29) is 34.2 Å². The number of hydrogen-bond acceptors (Lipinski definition) is 3. The van der Waals surface area contributed by atoms with Gasteiger partial charge in [-0.1, -0.05) is 60.7 Å². The van der Waals surface area contributed by atoms with Gasteiger partial charge in [-0.25, -0.2) is 17.2 Å². The summed E-state index contributed by atoms with van der Waals surface area (Å²) < 4.78 is 54.6. The fourth-order valence-corrected chi connectivity index (χ4v) is 7.37. The number of benzene rings is 3. The largest absolute Gasteiger partial charge is 0.341 e. The number of hydrogen-bond donors (Lipinski definition) is 0. The Morgan fingerprint density at radius 1 is 0.973 bits per heavy atom. The average molecular weight is 525 g/mol. The van der Waals surface area contributed by atoms with Gasteiger partial charge in [-0.05, 0) is 55.0 Å². The zero-order valence-corrected chi connectivity index (χ0v) is 21.5. The SMILES string of the molecule is CN(Cc1ccccc1)C(=O)C1CCC2(CC1)CN(S(=O)(=O)c1ccc(C(F)F)cc1)c1ccccc12. The van der Waals surface area contributed by atoms with E-state index >= 15 is 0 Å². The number of sulfonamides is 1. The number of amides is 1. The van der Waals surface area contributed by atoms with Gasteiger partial charge in [-0.2, -0.15) is 0 Å². The van der Waals surface area contributed by atoms with E-state index in [9.17, 15) is 22.0 Å². The Balaban J connectivity index is 1.34. The maximum atomic E-state index is 13.6. The van der Waals surface area contributed by atoms with Crippen molar-refractivity contribution < 1.29 is 22.0 Å². The Morgan fingerprint density at radius 3 is 2.24 bits per heavy atom. The van der Waals surface area contributed by atoms with Crippen LogP contribution in [0.15, 0.2) is 83.8 Å². The Bertz CT molecular complexity index is 1370. The normalized spacial score (nSPS) is 21.3. The number of rotatable bonds is 6. The smallest absolute Gasteiger partial charge is 0.264 e. The minimum atomic E-state index is -3.93. The lowest BCUT2D eigenvalue weighted by atomic mass is 9.67. The maximum absolute atomic E-state index is 13.6. The van der Waals surface area contributed by atoms with Crippen molar-refractivity contribution in [3.05, 3.63) is 95.6 Å². The molecule has 194 valence electrons. The first-order valence-corrected chi connectivity index (χ1v) is 13.9. The molecule has 0 radical (unpaired) electrons. The average Bonchev–Trinajstić information content (AvgIpc) is 3.24. The molecule has 3 aromatic carbocycles. The van der Waals surface area contributed by atoms with Gasteiger partial charge in [0.1, 0.15) is 0 Å². The van der Waals surface area contributed by atoms with Crippen molar-refractivity contribution in [3.8, 4) is 0 Å². The van der Waals surface area contributed by atoms with Crippen molar-refractivity contribution in [2.24, 2.45) is 5.92 Å². The molecular formula is C29H30F2N2O3S. The predicted octanol–water partition coefficient (Wildman–Crippen LogP) is 5.92. The van der Waals surface area contributed by atoms with Gasteiger partial charge in [0, 0.05) is 37.0 Å². The number of halogens is 2. The highest BCUT2D eigenvalue weighted by molar-refractivity contribution is 7.92. The first kappa shape index (κ1) is 25.4. The topological polar surface area (TPSA) is 57.7 Å². The quantitative estimate of drug-likeness (QED) is 0.402. The summed E-state index contributed by atoms with van der Waals surface area (Å²) >= 11 is 0. The van der Waals surface area contributed by atoms with Crippen molar-refractivity contribution in [2.75, 3.05) is 17.9 Å². The molecule has 0 unspecified atom stereocenters. The van der Waals surface area contributed by atoms with Gasteiger partial charge in [0.05, 0.1) is 10.6 Å². The minimum Gasteiger partial charge on any atom is -0.341 e. The van der Waals surface area contributed by atoms with E-state index in [1.807, 2.05) is 55.6 Å². The summed E-state index contributed by atoms with van der Waals surface area (Å²) in [5.74, 6) is 0.0210. The van der Waals surface area contributed by atoms with E-state index in [2.05, 4.69) is 0 Å². The number of carbonyl (C=O) groups is 1. The van der Waals surface area contributed by atoms with E-state index in [1.54, 1.807) is 11.0 Å². The number of anilines is 1. The highest BCUT2D eigenvalue weighted by Gasteiger charge is 2.49. The summed E-state index contributed by atoms with van der Waals surface area (Å²) in [7, 11) is -2.10. The van der Waals surface area contributed by atoms with Crippen molar-refractivity contribution in [1.82, 2.24) is 4.90 Å². The van der Waals surface area contributed by atoms with Gasteiger partial charge in [-0.3, -0.25) is 9.10 Å². The summed E-state index contributed by atoms with van der Waals surface area (Å²) in [4.78, 5) is 15.0. The molecule has 1 saturated carbocycles. The molecule has 1 heterocycles. The van der Waals surface area contributed by atoms with Crippen LogP contribution >= 0.6 is 0 Å². The second kappa shape index (κ2) is 9.89. The molecule has 1 aliphatic heterocycles. The molecule has 37 heavy (non-hydrogen) atoms. The van der Waals surface area contributed by atoms with Gasteiger partial charge in [0.25, 0.3) is 16.4 Å². The van der Waals surface area contributed by atoms with Crippen LogP contribution in [-0.2, 0) is 26.8 Å². The van der Waals surface area contributed by atoms with Crippen LogP contribution in [0.3, 0.4) is 0 Å². The Kier molecular flexibility index (Phi) is 6.79. The molecular weight excluding hydrogens is 494 g/mol. The number of fused-ring (bicyclic) bond motifs is 2. The van der Waals surface area contributed by atoms with Gasteiger partial charge < -0.3 is 4.90 Å². The Labute approximate surface area is 216 Å². The van der Waals surface area contributed by atoms with Crippen LogP contribution in [0.25, 0.3) is 0 Å². The molecule has 5 rings (SSSR count). The highest BCUT2D eigenvalue weighted by atomic mass is 32.2. The minimum absolute atomic E-state index is 0.00449. The first-order chi connectivity index (χ1) is 17.7. The summed E-state index contributed by atoms with van der Waals surface area (Å²) in [5.41, 5.74) is 2.11. The summed E-state index contributed by atoms with van der Waals surface area (Å²) in [6.45, 7) is 0.840. The van der Waals surface area contributed by atoms with Crippen LogP contribution in [-0.4, -0.2) is 32.8 Å². The van der Waals surface area contributed by atoms with E-state index in [0.29, 0.717) is 37.9 Å². The molecule has 5 nitrogen and oxygen atoms in total. The van der Waals surface area contributed by atoms with E-state index in [1.165, 1.54) is 16.4 Å². The molecule has 0 bridgehead atoms. The fourth-order valence-electron chi connectivity index (χ4n) is 5.80. The van der Waals surface area contributed by atoms with Gasteiger partial charge in [0.2, 0.25) is 5.91 Å². The molecule has 1 aliphatic carbocycles. The van der Waals surface area contributed by atoms with Gasteiger partial charge in [0.15, 0.2) is 0 Å². The summed E-state index contributed by atoms with van der Waals surface area (Å²) in [6.07, 6.45) is 0.121. The zero-order chi connectivity index (χ0) is 26.2.